The molecule has 33 heavy (non-hydrogen) atoms. The van der Waals surface area contributed by atoms with Crippen molar-refractivity contribution in [3.63, 3.8) is 0 Å². The molecule has 0 spiro atoms. The lowest BCUT2D eigenvalue weighted by Gasteiger charge is -2.22. The molecular formula is C24H26FN5O3. The number of hydrogen-bond acceptors (Lipinski definition) is 6. The van der Waals surface area contributed by atoms with Crippen molar-refractivity contribution in [3.05, 3.63) is 54.2 Å². The summed E-state index contributed by atoms with van der Waals surface area (Å²) in [5, 5.41) is 16.8. The van der Waals surface area contributed by atoms with Gasteiger partial charge in [-0.3, -0.25) is 4.68 Å². The van der Waals surface area contributed by atoms with Gasteiger partial charge in [-0.2, -0.15) is 10.4 Å². The third-order valence-electron chi connectivity index (χ3n) is 4.50. The molecule has 2 aromatic heterocycles. The average molecular weight is 452 g/mol. The summed E-state index contributed by atoms with van der Waals surface area (Å²) in [5.74, 6) is -0.0721. The van der Waals surface area contributed by atoms with E-state index in [0.29, 0.717) is 22.4 Å². The highest BCUT2D eigenvalue weighted by Crippen LogP contribution is 2.38. The Morgan fingerprint density at radius 2 is 1.94 bits per heavy atom. The van der Waals surface area contributed by atoms with Crippen LogP contribution in [0.25, 0.3) is 22.4 Å². The van der Waals surface area contributed by atoms with Crippen LogP contribution in [-0.2, 0) is 11.8 Å². The van der Waals surface area contributed by atoms with Gasteiger partial charge in [0.05, 0.1) is 6.54 Å². The van der Waals surface area contributed by atoms with E-state index < -0.39 is 17.8 Å². The first kappa shape index (κ1) is 23.7. The normalized spacial score (nSPS) is 12.0. The number of aromatic nitrogens is 3. The van der Waals surface area contributed by atoms with Gasteiger partial charge in [0.1, 0.15) is 29.3 Å². The minimum atomic E-state index is -0.615. The van der Waals surface area contributed by atoms with Gasteiger partial charge in [-0.15, -0.1) is 0 Å². The zero-order valence-corrected chi connectivity index (χ0v) is 19.2. The predicted molar refractivity (Wildman–Crippen MR) is 121 cm³/mol. The number of alkyl carbamates (subject to hydrolysis) is 1. The Labute approximate surface area is 192 Å². The second-order valence-corrected chi connectivity index (χ2v) is 8.53. The van der Waals surface area contributed by atoms with Crippen LogP contribution in [0.4, 0.5) is 9.18 Å². The quantitative estimate of drug-likeness (QED) is 0.594. The number of nitriles is 1. The zero-order chi connectivity index (χ0) is 24.2. The van der Waals surface area contributed by atoms with Crippen molar-refractivity contribution in [1.29, 1.82) is 5.26 Å². The molecule has 1 N–H and O–H groups in total. The number of carbonyl (C=O) groups is 1. The maximum Gasteiger partial charge on any atom is 0.407 e. The number of benzene rings is 1. The fourth-order valence-electron chi connectivity index (χ4n) is 3.15. The van der Waals surface area contributed by atoms with Gasteiger partial charge in [-0.25, -0.2) is 14.2 Å². The first-order chi connectivity index (χ1) is 15.6. The lowest BCUT2D eigenvalue weighted by atomic mass is 10.0. The van der Waals surface area contributed by atoms with Crippen molar-refractivity contribution < 1.29 is 18.7 Å². The Kier molecular flexibility index (Phi) is 6.97. The van der Waals surface area contributed by atoms with Gasteiger partial charge < -0.3 is 14.8 Å². The molecule has 8 nitrogen and oxygen atoms in total. The van der Waals surface area contributed by atoms with E-state index in [-0.39, 0.29) is 23.8 Å². The smallest absolute Gasteiger partial charge is 0.407 e. The van der Waals surface area contributed by atoms with Crippen LogP contribution in [0, 0.1) is 17.1 Å². The second-order valence-electron chi connectivity index (χ2n) is 8.53. The maximum absolute atomic E-state index is 13.4. The molecule has 0 saturated carbocycles. The number of hydrogen-bond donors (Lipinski definition) is 1. The summed E-state index contributed by atoms with van der Waals surface area (Å²) < 4.78 is 26.4. The molecule has 3 rings (SSSR count). The van der Waals surface area contributed by atoms with Crippen molar-refractivity contribution >= 4 is 6.09 Å². The molecule has 0 bridgehead atoms. The Balaban J connectivity index is 1.91. The van der Waals surface area contributed by atoms with E-state index in [1.54, 1.807) is 63.8 Å². The van der Waals surface area contributed by atoms with Gasteiger partial charge in [0.15, 0.2) is 11.4 Å². The summed E-state index contributed by atoms with van der Waals surface area (Å²) in [6.45, 7) is 7.26. The Morgan fingerprint density at radius 3 is 2.58 bits per heavy atom. The van der Waals surface area contributed by atoms with Crippen molar-refractivity contribution in [2.75, 3.05) is 6.54 Å². The minimum Gasteiger partial charge on any atom is -0.485 e. The first-order valence-corrected chi connectivity index (χ1v) is 10.4. The van der Waals surface area contributed by atoms with E-state index in [4.69, 9.17) is 9.47 Å². The molecule has 3 aromatic rings. The number of halogens is 1. The number of amides is 1. The molecule has 0 fully saturated rings. The predicted octanol–water partition coefficient (Wildman–Crippen LogP) is 4.45. The molecule has 1 unspecified atom stereocenters. The molecule has 9 heteroatoms. The summed E-state index contributed by atoms with van der Waals surface area (Å²) in [7, 11) is 1.77. The Hall–Kier alpha value is -3.93. The SMILES string of the molecule is CC(CNC(=O)OC(C)(C)C)Oc1c(-c2cn(C)nc2-c2ccc(F)cc2)ccnc1C#N. The number of nitrogens with one attached hydrogen (secondary N) is 1. The molecule has 172 valence electrons. The molecule has 0 aliphatic carbocycles. The molecule has 0 aliphatic rings. The number of pyridine rings is 1. The molecule has 1 atom stereocenters. The van der Waals surface area contributed by atoms with E-state index in [2.05, 4.69) is 21.5 Å². The van der Waals surface area contributed by atoms with Crippen LogP contribution in [0.2, 0.25) is 0 Å². The van der Waals surface area contributed by atoms with Crippen LogP contribution < -0.4 is 10.1 Å². The molecule has 0 radical (unpaired) electrons. The minimum absolute atomic E-state index is 0.102. The molecule has 2 heterocycles. The number of ether oxygens (including phenoxy) is 2. The van der Waals surface area contributed by atoms with Crippen LogP contribution >= 0.6 is 0 Å². The van der Waals surface area contributed by atoms with Gasteiger partial charge in [0.2, 0.25) is 0 Å². The van der Waals surface area contributed by atoms with E-state index in [9.17, 15) is 14.4 Å². The van der Waals surface area contributed by atoms with E-state index in [1.807, 2.05) is 0 Å². The zero-order valence-electron chi connectivity index (χ0n) is 19.2. The lowest BCUT2D eigenvalue weighted by Crippen LogP contribution is -2.37. The molecule has 0 saturated heterocycles. The summed E-state index contributed by atoms with van der Waals surface area (Å²) in [6, 6.07) is 9.79. The highest BCUT2D eigenvalue weighted by molar-refractivity contribution is 5.84. The highest BCUT2D eigenvalue weighted by atomic mass is 19.1. The molecule has 0 aliphatic heterocycles. The summed E-state index contributed by atoms with van der Waals surface area (Å²) in [5.41, 5.74) is 2.12. The van der Waals surface area contributed by atoms with Crippen LogP contribution in [0.1, 0.15) is 33.4 Å². The van der Waals surface area contributed by atoms with Crippen molar-refractivity contribution in [2.45, 2.75) is 39.4 Å². The molecule has 1 amide bonds. The number of aryl methyl sites for hydroxylation is 1. The van der Waals surface area contributed by atoms with Crippen LogP contribution in [0.5, 0.6) is 5.75 Å². The number of carbonyl (C=O) groups excluding carboxylic acids is 1. The third-order valence-corrected chi connectivity index (χ3v) is 4.50. The van der Waals surface area contributed by atoms with Gasteiger partial charge >= 0.3 is 6.09 Å². The monoisotopic (exact) mass is 451 g/mol. The van der Waals surface area contributed by atoms with E-state index in [0.717, 1.165) is 0 Å². The fourth-order valence-corrected chi connectivity index (χ4v) is 3.15. The van der Waals surface area contributed by atoms with Gasteiger partial charge in [0, 0.05) is 36.1 Å². The van der Waals surface area contributed by atoms with Crippen LogP contribution in [0.15, 0.2) is 42.7 Å². The molecular weight excluding hydrogens is 425 g/mol. The van der Waals surface area contributed by atoms with Gasteiger partial charge in [0.25, 0.3) is 0 Å². The summed E-state index contributed by atoms with van der Waals surface area (Å²) in [6.07, 6.45) is 2.27. The average Bonchev–Trinajstić information content (AvgIpc) is 3.13. The number of rotatable bonds is 6. The van der Waals surface area contributed by atoms with Crippen molar-refractivity contribution in [2.24, 2.45) is 7.05 Å². The van der Waals surface area contributed by atoms with Crippen LogP contribution in [-0.4, -0.2) is 39.1 Å². The fraction of sp³-hybridized carbons (Fsp3) is 0.333. The highest BCUT2D eigenvalue weighted by Gasteiger charge is 2.22. The first-order valence-electron chi connectivity index (χ1n) is 10.4. The standard InChI is InChI=1S/C24H26FN5O3/c1-15(13-28-23(31)33-24(2,3)4)32-22-18(10-11-27-20(22)12-26)19-14-30(5)29-21(19)16-6-8-17(25)9-7-16/h6-11,14-15H,13H2,1-5H3,(H,28,31). The summed E-state index contributed by atoms with van der Waals surface area (Å²) >= 11 is 0. The van der Waals surface area contributed by atoms with E-state index in [1.165, 1.54) is 18.3 Å². The van der Waals surface area contributed by atoms with Crippen molar-refractivity contribution in [3.8, 4) is 34.2 Å². The molecule has 1 aromatic carbocycles. The largest absolute Gasteiger partial charge is 0.485 e. The lowest BCUT2D eigenvalue weighted by molar-refractivity contribution is 0.0505. The Bertz CT molecular complexity index is 1180. The topological polar surface area (TPSA) is 102 Å². The van der Waals surface area contributed by atoms with Gasteiger partial charge in [-0.1, -0.05) is 0 Å². The summed E-state index contributed by atoms with van der Waals surface area (Å²) in [4.78, 5) is 16.1. The van der Waals surface area contributed by atoms with E-state index >= 15 is 0 Å². The number of nitrogens with zero attached hydrogens (tertiary/aromatic N) is 4. The third kappa shape index (κ3) is 6.07. The van der Waals surface area contributed by atoms with Crippen molar-refractivity contribution in [1.82, 2.24) is 20.1 Å². The Morgan fingerprint density at radius 1 is 1.24 bits per heavy atom. The second kappa shape index (κ2) is 9.69. The van der Waals surface area contributed by atoms with Gasteiger partial charge in [-0.05, 0) is 58.0 Å². The maximum atomic E-state index is 13.4. The van der Waals surface area contributed by atoms with Crippen LogP contribution in [0.3, 0.4) is 0 Å².